The van der Waals surface area contributed by atoms with Crippen molar-refractivity contribution in [3.05, 3.63) is 40.7 Å². The van der Waals surface area contributed by atoms with Crippen molar-refractivity contribution in [2.24, 2.45) is 12.8 Å². The van der Waals surface area contributed by atoms with Crippen LogP contribution in [0.4, 0.5) is 0 Å². The topological polar surface area (TPSA) is 90.9 Å². The molecule has 6 nitrogen and oxygen atoms in total. The fraction of sp³-hybridized carbons (Fsp3) is 0.385. The molecule has 0 saturated carbocycles. The highest BCUT2D eigenvalue weighted by Crippen LogP contribution is 2.17. The summed E-state index contributed by atoms with van der Waals surface area (Å²) in [7, 11) is -1.93. The van der Waals surface area contributed by atoms with E-state index in [-0.39, 0.29) is 17.5 Å². The maximum atomic E-state index is 12.4. The number of hydrogen-bond donors (Lipinski definition) is 1. The summed E-state index contributed by atoms with van der Waals surface area (Å²) in [4.78, 5) is 0. The summed E-state index contributed by atoms with van der Waals surface area (Å²) in [5.74, 6) is 0.357. The van der Waals surface area contributed by atoms with Gasteiger partial charge in [-0.05, 0) is 19.4 Å². The zero-order chi connectivity index (χ0) is 14.9. The van der Waals surface area contributed by atoms with Crippen LogP contribution >= 0.6 is 0 Å². The maximum Gasteiger partial charge on any atom is 0.249 e. The van der Waals surface area contributed by atoms with E-state index in [0.29, 0.717) is 5.82 Å². The second-order valence-corrected chi connectivity index (χ2v) is 6.80. The third kappa shape index (κ3) is 2.88. The lowest BCUT2D eigenvalue weighted by Gasteiger charge is -2.07. The van der Waals surface area contributed by atoms with E-state index in [1.165, 1.54) is 4.57 Å². The zero-order valence-electron chi connectivity index (χ0n) is 11.8. The molecule has 0 spiro atoms. The van der Waals surface area contributed by atoms with Crippen molar-refractivity contribution in [2.45, 2.75) is 31.3 Å². The molecule has 0 atom stereocenters. The lowest BCUT2D eigenvalue weighted by molar-refractivity contribution is 0.575. The van der Waals surface area contributed by atoms with E-state index >= 15 is 0 Å². The van der Waals surface area contributed by atoms with E-state index in [2.05, 4.69) is 10.2 Å². The van der Waals surface area contributed by atoms with E-state index in [4.69, 9.17) is 5.73 Å². The predicted molar refractivity (Wildman–Crippen MR) is 75.7 cm³/mol. The Morgan fingerprint density at radius 2 is 1.75 bits per heavy atom. The van der Waals surface area contributed by atoms with Crippen LogP contribution in [0.5, 0.6) is 0 Å². The van der Waals surface area contributed by atoms with Gasteiger partial charge >= 0.3 is 0 Å². The Morgan fingerprint density at radius 1 is 1.15 bits per heavy atom. The van der Waals surface area contributed by atoms with Crippen LogP contribution in [-0.2, 0) is 29.2 Å². The maximum absolute atomic E-state index is 12.4. The molecular weight excluding hydrogens is 276 g/mol. The van der Waals surface area contributed by atoms with Gasteiger partial charge in [0.2, 0.25) is 15.0 Å². The molecule has 2 aromatic rings. The van der Waals surface area contributed by atoms with Gasteiger partial charge in [-0.25, -0.2) is 8.42 Å². The Morgan fingerprint density at radius 3 is 2.25 bits per heavy atom. The molecule has 7 heteroatoms. The molecule has 0 saturated heterocycles. The number of rotatable bonds is 4. The summed E-state index contributed by atoms with van der Waals surface area (Å²) in [6, 6.07) is 5.74. The average Bonchev–Trinajstić information content (AvgIpc) is 2.68. The highest BCUT2D eigenvalue weighted by molar-refractivity contribution is 7.90. The van der Waals surface area contributed by atoms with Crippen LogP contribution < -0.4 is 5.73 Å². The van der Waals surface area contributed by atoms with Gasteiger partial charge in [0.15, 0.2) is 0 Å². The minimum Gasteiger partial charge on any atom is -0.324 e. The fourth-order valence-electron chi connectivity index (χ4n) is 2.23. The van der Waals surface area contributed by atoms with Crippen LogP contribution in [0, 0.1) is 13.8 Å². The van der Waals surface area contributed by atoms with Gasteiger partial charge in [0.05, 0.1) is 12.3 Å². The third-order valence-corrected chi connectivity index (χ3v) is 4.65. The molecule has 0 bridgehead atoms. The molecule has 0 aliphatic heterocycles. The molecule has 108 valence electrons. The van der Waals surface area contributed by atoms with Crippen molar-refractivity contribution in [1.82, 2.24) is 14.8 Å². The number of hydrogen-bond acceptors (Lipinski definition) is 5. The lowest BCUT2D eigenvalue weighted by Crippen LogP contribution is -2.13. The minimum absolute atomic E-state index is 0.0443. The largest absolute Gasteiger partial charge is 0.324 e. The first kappa shape index (κ1) is 14.7. The molecule has 20 heavy (non-hydrogen) atoms. The minimum atomic E-state index is -3.53. The van der Waals surface area contributed by atoms with Crippen LogP contribution in [0.2, 0.25) is 0 Å². The fourth-order valence-corrected chi connectivity index (χ4v) is 3.65. The number of nitrogens with zero attached hydrogens (tertiary/aromatic N) is 3. The SMILES string of the molecule is Cc1cc(C)cc(CS(=O)(=O)c2nnc(CN)n2C)c1. The lowest BCUT2D eigenvalue weighted by atomic mass is 10.1. The summed E-state index contributed by atoms with van der Waals surface area (Å²) >= 11 is 0. The number of benzene rings is 1. The van der Waals surface area contributed by atoms with Gasteiger partial charge in [0, 0.05) is 7.05 Å². The molecule has 1 heterocycles. The zero-order valence-corrected chi connectivity index (χ0v) is 12.6. The summed E-state index contributed by atoms with van der Waals surface area (Å²) in [6.45, 7) is 4.04. The molecular formula is C13H18N4O2S. The Balaban J connectivity index is 2.38. The molecule has 2 N–H and O–H groups in total. The highest BCUT2D eigenvalue weighted by Gasteiger charge is 2.23. The molecule has 0 aliphatic rings. The van der Waals surface area contributed by atoms with E-state index in [0.717, 1.165) is 16.7 Å². The Labute approximate surface area is 118 Å². The Kier molecular flexibility index (Phi) is 3.92. The van der Waals surface area contributed by atoms with Crippen LogP contribution in [0.15, 0.2) is 23.4 Å². The molecule has 0 fully saturated rings. The van der Waals surface area contributed by atoms with E-state index < -0.39 is 9.84 Å². The van der Waals surface area contributed by atoms with Crippen LogP contribution in [-0.4, -0.2) is 23.2 Å². The monoisotopic (exact) mass is 294 g/mol. The number of aryl methyl sites for hydroxylation is 2. The number of sulfone groups is 1. The van der Waals surface area contributed by atoms with Crippen molar-refractivity contribution in [3.8, 4) is 0 Å². The van der Waals surface area contributed by atoms with Crippen molar-refractivity contribution < 1.29 is 8.42 Å². The van der Waals surface area contributed by atoms with Crippen molar-refractivity contribution in [2.75, 3.05) is 0 Å². The quantitative estimate of drug-likeness (QED) is 0.903. The van der Waals surface area contributed by atoms with Crippen molar-refractivity contribution in [3.63, 3.8) is 0 Å². The van der Waals surface area contributed by atoms with Gasteiger partial charge in [-0.2, -0.15) is 0 Å². The molecule has 0 radical (unpaired) electrons. The van der Waals surface area contributed by atoms with Crippen molar-refractivity contribution >= 4 is 9.84 Å². The first-order valence-electron chi connectivity index (χ1n) is 6.22. The Bertz CT molecular complexity index is 715. The second kappa shape index (κ2) is 5.34. The van der Waals surface area contributed by atoms with Gasteiger partial charge in [-0.15, -0.1) is 10.2 Å². The van der Waals surface area contributed by atoms with Gasteiger partial charge in [-0.1, -0.05) is 29.3 Å². The predicted octanol–water partition coefficient (Wildman–Crippen LogP) is 0.865. The molecule has 0 aliphatic carbocycles. The van der Waals surface area contributed by atoms with E-state index in [1.54, 1.807) is 7.05 Å². The summed E-state index contributed by atoms with van der Waals surface area (Å²) in [5, 5.41) is 7.49. The van der Waals surface area contributed by atoms with Crippen LogP contribution in [0.1, 0.15) is 22.5 Å². The summed E-state index contributed by atoms with van der Waals surface area (Å²) < 4.78 is 26.2. The summed E-state index contributed by atoms with van der Waals surface area (Å²) in [6.07, 6.45) is 0. The third-order valence-electron chi connectivity index (χ3n) is 3.02. The Hall–Kier alpha value is -1.73. The van der Waals surface area contributed by atoms with Crippen LogP contribution in [0.25, 0.3) is 0 Å². The van der Waals surface area contributed by atoms with Gasteiger partial charge in [0.25, 0.3) is 0 Å². The van der Waals surface area contributed by atoms with Crippen molar-refractivity contribution in [1.29, 1.82) is 0 Å². The number of aromatic nitrogens is 3. The highest BCUT2D eigenvalue weighted by atomic mass is 32.2. The smallest absolute Gasteiger partial charge is 0.249 e. The normalized spacial score (nSPS) is 11.8. The molecule has 2 rings (SSSR count). The second-order valence-electron chi connectivity index (χ2n) is 4.92. The number of nitrogens with two attached hydrogens (primary N) is 1. The van der Waals surface area contributed by atoms with Crippen LogP contribution in [0.3, 0.4) is 0 Å². The molecule has 1 aromatic heterocycles. The molecule has 1 aromatic carbocycles. The molecule has 0 unspecified atom stereocenters. The van der Waals surface area contributed by atoms with E-state index in [1.807, 2.05) is 32.0 Å². The van der Waals surface area contributed by atoms with E-state index in [9.17, 15) is 8.42 Å². The first-order chi connectivity index (χ1) is 9.33. The van der Waals surface area contributed by atoms with Gasteiger partial charge in [0.1, 0.15) is 5.82 Å². The first-order valence-corrected chi connectivity index (χ1v) is 7.87. The summed E-state index contributed by atoms with van der Waals surface area (Å²) in [5.41, 5.74) is 8.31. The molecule has 0 amide bonds. The van der Waals surface area contributed by atoms with Gasteiger partial charge in [-0.3, -0.25) is 0 Å². The average molecular weight is 294 g/mol. The van der Waals surface area contributed by atoms with Gasteiger partial charge < -0.3 is 10.3 Å². The standard InChI is InChI=1S/C13H18N4O2S/c1-9-4-10(2)6-11(5-9)8-20(18,19)13-16-15-12(7-14)17(13)3/h4-6H,7-8,14H2,1-3H3.